The van der Waals surface area contributed by atoms with Crippen molar-refractivity contribution in [3.05, 3.63) is 47.8 Å². The Morgan fingerprint density at radius 1 is 1.07 bits per heavy atom. The molecule has 15 heavy (non-hydrogen) atoms. The minimum atomic E-state index is 0.848. The number of rotatable bonds is 0. The molecule has 0 unspecified atom stereocenters. The molecule has 1 aliphatic carbocycles. The number of hydrogen-bond donors (Lipinski definition) is 0. The maximum Gasteiger partial charge on any atom is 0.113 e. The predicted octanol–water partition coefficient (Wildman–Crippen LogP) is 1.64. The van der Waals surface area contributed by atoms with Crippen LogP contribution < -0.4 is 5.46 Å². The third-order valence-corrected chi connectivity index (χ3v) is 2.94. The van der Waals surface area contributed by atoms with Crippen LogP contribution in [0, 0.1) is 0 Å². The van der Waals surface area contributed by atoms with Gasteiger partial charge in [0.2, 0.25) is 0 Å². The summed E-state index contributed by atoms with van der Waals surface area (Å²) in [7, 11) is 5.79. The fourth-order valence-electron chi connectivity index (χ4n) is 2.22. The Morgan fingerprint density at radius 3 is 2.93 bits per heavy atom. The second kappa shape index (κ2) is 3.23. The summed E-state index contributed by atoms with van der Waals surface area (Å²) in [5.41, 5.74) is 5.95. The van der Waals surface area contributed by atoms with Gasteiger partial charge >= 0.3 is 0 Å². The van der Waals surface area contributed by atoms with E-state index in [4.69, 9.17) is 7.85 Å². The zero-order valence-corrected chi connectivity index (χ0v) is 8.40. The average Bonchev–Trinajstić information content (AvgIpc) is 2.28. The Hall–Kier alpha value is -1.57. The van der Waals surface area contributed by atoms with Crippen LogP contribution in [0.1, 0.15) is 11.3 Å². The SMILES string of the molecule is [B]c1ccc2c(c1)CCc1ncccc1-2. The smallest absolute Gasteiger partial charge is 0.113 e. The van der Waals surface area contributed by atoms with Gasteiger partial charge in [-0.15, -0.1) is 0 Å². The first kappa shape index (κ1) is 8.72. The van der Waals surface area contributed by atoms with Gasteiger partial charge in [-0.2, -0.15) is 0 Å². The molecule has 3 rings (SSSR count). The van der Waals surface area contributed by atoms with E-state index in [0.717, 1.165) is 18.3 Å². The third kappa shape index (κ3) is 1.37. The topological polar surface area (TPSA) is 12.9 Å². The van der Waals surface area contributed by atoms with Crippen LogP contribution in [-0.2, 0) is 12.8 Å². The summed E-state index contributed by atoms with van der Waals surface area (Å²) in [4.78, 5) is 4.41. The van der Waals surface area contributed by atoms with Gasteiger partial charge < -0.3 is 0 Å². The highest BCUT2D eigenvalue weighted by Gasteiger charge is 2.15. The largest absolute Gasteiger partial charge is 0.261 e. The van der Waals surface area contributed by atoms with E-state index in [1.807, 2.05) is 18.3 Å². The first-order valence-electron chi connectivity index (χ1n) is 5.17. The summed E-state index contributed by atoms with van der Waals surface area (Å²) in [6.07, 6.45) is 3.93. The molecule has 2 aromatic rings. The second-order valence-electron chi connectivity index (χ2n) is 3.91. The van der Waals surface area contributed by atoms with Crippen molar-refractivity contribution in [2.24, 2.45) is 0 Å². The zero-order chi connectivity index (χ0) is 10.3. The molecule has 0 saturated carbocycles. The standard InChI is InChI=1S/C13H10BN/c14-10-4-5-11-9(8-10)3-6-13-12(11)2-1-7-15-13/h1-2,4-5,7-8H,3,6H2. The first-order valence-corrected chi connectivity index (χ1v) is 5.17. The Bertz CT molecular complexity index is 520. The molecule has 0 N–H and O–H groups in total. The monoisotopic (exact) mass is 191 g/mol. The zero-order valence-electron chi connectivity index (χ0n) is 8.40. The average molecular weight is 191 g/mol. The van der Waals surface area contributed by atoms with E-state index in [0.29, 0.717) is 0 Å². The predicted molar refractivity (Wildman–Crippen MR) is 62.5 cm³/mol. The van der Waals surface area contributed by atoms with Crippen LogP contribution in [0.25, 0.3) is 11.1 Å². The van der Waals surface area contributed by atoms with E-state index in [2.05, 4.69) is 23.2 Å². The summed E-state index contributed by atoms with van der Waals surface area (Å²) in [5.74, 6) is 0. The number of fused-ring (bicyclic) bond motifs is 3. The fraction of sp³-hybridized carbons (Fsp3) is 0.154. The van der Waals surface area contributed by atoms with E-state index in [1.165, 1.54) is 22.4 Å². The van der Waals surface area contributed by atoms with Crippen molar-refractivity contribution in [2.75, 3.05) is 0 Å². The van der Waals surface area contributed by atoms with Gasteiger partial charge in [-0.05, 0) is 30.0 Å². The van der Waals surface area contributed by atoms with Crippen LogP contribution in [0.15, 0.2) is 36.5 Å². The number of nitrogens with zero attached hydrogens (tertiary/aromatic N) is 1. The lowest BCUT2D eigenvalue weighted by Crippen LogP contribution is -2.10. The number of hydrogen-bond acceptors (Lipinski definition) is 1. The first-order chi connectivity index (χ1) is 7.34. The quantitative estimate of drug-likeness (QED) is 0.577. The molecule has 70 valence electrons. The van der Waals surface area contributed by atoms with Crippen LogP contribution in [-0.4, -0.2) is 12.8 Å². The second-order valence-corrected chi connectivity index (χ2v) is 3.91. The molecule has 0 spiro atoms. The third-order valence-electron chi connectivity index (χ3n) is 2.94. The molecule has 0 bridgehead atoms. The maximum atomic E-state index is 5.79. The maximum absolute atomic E-state index is 5.79. The van der Waals surface area contributed by atoms with Crippen molar-refractivity contribution in [2.45, 2.75) is 12.8 Å². The molecule has 1 heterocycles. The van der Waals surface area contributed by atoms with Gasteiger partial charge in [0.05, 0.1) is 0 Å². The Kier molecular flexibility index (Phi) is 1.88. The molecule has 0 amide bonds. The Balaban J connectivity index is 2.26. The fourth-order valence-corrected chi connectivity index (χ4v) is 2.22. The highest BCUT2D eigenvalue weighted by molar-refractivity contribution is 6.32. The van der Waals surface area contributed by atoms with Crippen LogP contribution in [0.3, 0.4) is 0 Å². The highest BCUT2D eigenvalue weighted by Crippen LogP contribution is 2.31. The Morgan fingerprint density at radius 2 is 2.00 bits per heavy atom. The molecule has 2 heteroatoms. The summed E-state index contributed by atoms with van der Waals surface area (Å²) in [5, 5.41) is 0. The molecule has 0 saturated heterocycles. The lowest BCUT2D eigenvalue weighted by molar-refractivity contribution is 0.897. The summed E-state index contributed by atoms with van der Waals surface area (Å²) in [6, 6.07) is 10.3. The molecule has 0 atom stereocenters. The molecule has 2 radical (unpaired) electrons. The normalized spacial score (nSPS) is 13.1. The minimum absolute atomic E-state index is 0.848. The highest BCUT2D eigenvalue weighted by atomic mass is 14.7. The van der Waals surface area contributed by atoms with Gasteiger partial charge in [0.25, 0.3) is 0 Å². The van der Waals surface area contributed by atoms with Gasteiger partial charge in [-0.25, -0.2) is 0 Å². The molecule has 1 aliphatic rings. The van der Waals surface area contributed by atoms with Crippen molar-refractivity contribution in [1.29, 1.82) is 0 Å². The lowest BCUT2D eigenvalue weighted by atomic mass is 9.84. The number of aromatic nitrogens is 1. The van der Waals surface area contributed by atoms with E-state index >= 15 is 0 Å². The molecule has 1 aromatic carbocycles. The van der Waals surface area contributed by atoms with Crippen LogP contribution in [0.5, 0.6) is 0 Å². The molecular formula is C13H10BN. The molecule has 0 fully saturated rings. The van der Waals surface area contributed by atoms with Gasteiger partial charge in [0.1, 0.15) is 7.85 Å². The van der Waals surface area contributed by atoms with Crippen LogP contribution in [0.4, 0.5) is 0 Å². The van der Waals surface area contributed by atoms with Crippen molar-refractivity contribution >= 4 is 13.3 Å². The van der Waals surface area contributed by atoms with Gasteiger partial charge in [-0.3, -0.25) is 4.98 Å². The van der Waals surface area contributed by atoms with Crippen LogP contribution in [0.2, 0.25) is 0 Å². The molecule has 0 aliphatic heterocycles. The van der Waals surface area contributed by atoms with E-state index in [9.17, 15) is 0 Å². The van der Waals surface area contributed by atoms with Gasteiger partial charge in [0.15, 0.2) is 0 Å². The Labute approximate surface area is 90.6 Å². The number of benzene rings is 1. The van der Waals surface area contributed by atoms with E-state index < -0.39 is 0 Å². The van der Waals surface area contributed by atoms with Crippen LogP contribution >= 0.6 is 0 Å². The number of pyridine rings is 1. The minimum Gasteiger partial charge on any atom is -0.261 e. The summed E-state index contributed by atoms with van der Waals surface area (Å²) in [6.45, 7) is 0. The summed E-state index contributed by atoms with van der Waals surface area (Å²) < 4.78 is 0. The van der Waals surface area contributed by atoms with E-state index in [1.54, 1.807) is 0 Å². The molecule has 1 aromatic heterocycles. The molecule has 1 nitrogen and oxygen atoms in total. The van der Waals surface area contributed by atoms with Gasteiger partial charge in [-0.1, -0.05) is 29.7 Å². The van der Waals surface area contributed by atoms with Crippen molar-refractivity contribution in [3.8, 4) is 11.1 Å². The molecular weight excluding hydrogens is 181 g/mol. The van der Waals surface area contributed by atoms with Crippen molar-refractivity contribution in [3.63, 3.8) is 0 Å². The van der Waals surface area contributed by atoms with Crippen molar-refractivity contribution in [1.82, 2.24) is 4.98 Å². The van der Waals surface area contributed by atoms with Gasteiger partial charge in [0, 0.05) is 17.5 Å². The van der Waals surface area contributed by atoms with E-state index in [-0.39, 0.29) is 0 Å². The summed E-state index contributed by atoms with van der Waals surface area (Å²) >= 11 is 0. The lowest BCUT2D eigenvalue weighted by Gasteiger charge is -2.19. The van der Waals surface area contributed by atoms with Crippen molar-refractivity contribution < 1.29 is 0 Å². The number of aryl methyl sites for hydroxylation is 2.